The molecule has 3 atom stereocenters. The highest BCUT2D eigenvalue weighted by molar-refractivity contribution is 6.30. The predicted molar refractivity (Wildman–Crippen MR) is 144 cm³/mol. The van der Waals surface area contributed by atoms with Gasteiger partial charge in [0.1, 0.15) is 17.2 Å². The van der Waals surface area contributed by atoms with Crippen molar-refractivity contribution in [2.24, 2.45) is 11.3 Å². The summed E-state index contributed by atoms with van der Waals surface area (Å²) >= 11 is 5.82. The fourth-order valence-electron chi connectivity index (χ4n) is 5.72. The van der Waals surface area contributed by atoms with Crippen molar-refractivity contribution in [3.05, 3.63) is 87.6 Å². The minimum Gasteiger partial charge on any atom is -0.347 e. The molecule has 2 unspecified atom stereocenters. The molecular weight excluding hydrogens is 556 g/mol. The normalized spacial score (nSPS) is 21.8. The fourth-order valence-corrected chi connectivity index (χ4v) is 5.92. The molecule has 3 N–H and O–H groups in total. The number of carbonyl (C=O) groups is 2. The third kappa shape index (κ3) is 4.65. The molecule has 0 bridgehead atoms. The summed E-state index contributed by atoms with van der Waals surface area (Å²) in [5.41, 5.74) is 1.83. The summed E-state index contributed by atoms with van der Waals surface area (Å²) in [7, 11) is 0. The van der Waals surface area contributed by atoms with Crippen LogP contribution in [0.5, 0.6) is 0 Å². The summed E-state index contributed by atoms with van der Waals surface area (Å²) in [5, 5.41) is 24.0. The minimum atomic E-state index is -0.780. The largest absolute Gasteiger partial charge is 0.347 e. The van der Waals surface area contributed by atoms with Gasteiger partial charge in [-0.25, -0.2) is 18.3 Å². The first-order chi connectivity index (χ1) is 19.7. The van der Waals surface area contributed by atoms with E-state index in [-0.39, 0.29) is 46.0 Å². The number of halogens is 3. The molecule has 41 heavy (non-hydrogen) atoms. The smallest absolute Gasteiger partial charge is 0.270 e. The molecule has 0 aliphatic heterocycles. The number of allylic oxidation sites excluding steroid dienone is 3. The van der Waals surface area contributed by atoms with Gasteiger partial charge in [-0.1, -0.05) is 42.3 Å². The van der Waals surface area contributed by atoms with E-state index in [4.69, 9.17) is 11.6 Å². The molecule has 1 saturated carbocycles. The van der Waals surface area contributed by atoms with Crippen LogP contribution in [0.3, 0.4) is 0 Å². The average molecular weight is 580 g/mol. The van der Waals surface area contributed by atoms with Crippen molar-refractivity contribution >= 4 is 34.6 Å². The van der Waals surface area contributed by atoms with E-state index in [0.717, 1.165) is 28.3 Å². The van der Waals surface area contributed by atoms with Gasteiger partial charge in [0.2, 0.25) is 5.82 Å². The zero-order valence-electron chi connectivity index (χ0n) is 22.0. The van der Waals surface area contributed by atoms with Crippen LogP contribution in [-0.2, 0) is 6.54 Å². The van der Waals surface area contributed by atoms with Crippen molar-refractivity contribution in [3.63, 3.8) is 0 Å². The molecular formula is C27H24ClF2N9O2. The van der Waals surface area contributed by atoms with E-state index in [1.54, 1.807) is 0 Å². The monoisotopic (exact) mass is 579 g/mol. The maximum absolute atomic E-state index is 14.5. The Kier molecular flexibility index (Phi) is 6.60. The number of amides is 2. The Bertz CT molecular complexity index is 1750. The molecule has 1 fully saturated rings. The van der Waals surface area contributed by atoms with Crippen molar-refractivity contribution in [3.8, 4) is 0 Å². The van der Waals surface area contributed by atoms with Crippen molar-refractivity contribution in [2.45, 2.75) is 39.3 Å². The second-order valence-electron chi connectivity index (χ2n) is 10.4. The lowest BCUT2D eigenvalue weighted by atomic mass is 9.68. The van der Waals surface area contributed by atoms with Crippen molar-refractivity contribution in [1.29, 1.82) is 0 Å². The predicted octanol–water partition coefficient (Wildman–Crippen LogP) is 3.66. The number of fused-ring (bicyclic) bond motifs is 2. The average Bonchev–Trinajstić information content (AvgIpc) is 3.70. The van der Waals surface area contributed by atoms with Crippen LogP contribution in [0.15, 0.2) is 48.2 Å². The summed E-state index contributed by atoms with van der Waals surface area (Å²) in [5.74, 6) is -2.03. The molecule has 0 spiro atoms. The number of H-pyrrole nitrogens is 1. The third-order valence-corrected chi connectivity index (χ3v) is 8.40. The molecule has 4 aromatic rings. The summed E-state index contributed by atoms with van der Waals surface area (Å²) in [6, 6.07) is 5.10. The highest BCUT2D eigenvalue weighted by Crippen LogP contribution is 2.53. The second kappa shape index (κ2) is 10.1. The summed E-state index contributed by atoms with van der Waals surface area (Å²) < 4.78 is 29.1. The molecule has 0 radical (unpaired) electrons. The minimum absolute atomic E-state index is 0.0147. The number of aromatic nitrogens is 7. The highest BCUT2D eigenvalue weighted by Gasteiger charge is 2.48. The number of nitrogens with zero attached hydrogens (tertiary/aromatic N) is 6. The van der Waals surface area contributed by atoms with E-state index in [1.165, 1.54) is 24.3 Å². The van der Waals surface area contributed by atoms with Crippen LogP contribution in [0.25, 0.3) is 11.2 Å². The van der Waals surface area contributed by atoms with E-state index in [2.05, 4.69) is 48.3 Å². The van der Waals surface area contributed by atoms with E-state index in [0.29, 0.717) is 17.8 Å². The quantitative estimate of drug-likeness (QED) is 0.316. The van der Waals surface area contributed by atoms with Crippen molar-refractivity contribution in [2.75, 3.05) is 0 Å². The van der Waals surface area contributed by atoms with Crippen LogP contribution in [0.2, 0.25) is 5.02 Å². The Labute approximate surface area is 237 Å². The molecule has 2 amide bonds. The number of rotatable bonds is 6. The van der Waals surface area contributed by atoms with Gasteiger partial charge in [-0.15, -0.1) is 10.2 Å². The van der Waals surface area contributed by atoms with E-state index in [1.807, 2.05) is 19.1 Å². The third-order valence-electron chi connectivity index (χ3n) is 8.11. The SMILES string of the molecule is CC1=C(c2nn[nH]n2)C=CC2[C@@H](NC(=O)c3cc(C(=O)NCc4ccc(F)c(Cl)c4)nc4c(F)cnn34)CCC12C. The van der Waals surface area contributed by atoms with Gasteiger partial charge in [-0.05, 0) is 48.1 Å². The number of nitrogens with one attached hydrogen (secondary N) is 3. The van der Waals surface area contributed by atoms with Crippen molar-refractivity contribution < 1.29 is 18.4 Å². The number of hydrogen-bond acceptors (Lipinski definition) is 7. The number of tetrazole rings is 1. The van der Waals surface area contributed by atoms with E-state index >= 15 is 0 Å². The van der Waals surface area contributed by atoms with Gasteiger partial charge >= 0.3 is 0 Å². The standard InChI is InChI=1S/C27H24ClF2N9O2/c1-13-15(23-35-37-38-36-23)4-5-16-20(7-8-27(13,16)2)34-26(41)22-10-21(33-24-19(30)12-32-39(22)24)25(40)31-11-14-3-6-18(29)17(28)9-14/h3-6,9-10,12,16,20H,7-8,11H2,1-2H3,(H,31,40)(H,34,41)(H,35,36,37,38)/t16?,20-,27?/m0/s1. The summed E-state index contributed by atoms with van der Waals surface area (Å²) in [6.07, 6.45) is 6.44. The Morgan fingerprint density at radius 3 is 2.80 bits per heavy atom. The van der Waals surface area contributed by atoms with Gasteiger partial charge in [0.05, 0.1) is 11.2 Å². The zero-order chi connectivity index (χ0) is 28.9. The van der Waals surface area contributed by atoms with Gasteiger partial charge in [-0.3, -0.25) is 9.59 Å². The second-order valence-corrected chi connectivity index (χ2v) is 10.8. The number of hydrogen-bond donors (Lipinski definition) is 3. The fraction of sp³-hybridized carbons (Fsp3) is 0.296. The Morgan fingerprint density at radius 2 is 2.05 bits per heavy atom. The summed E-state index contributed by atoms with van der Waals surface area (Å²) in [4.78, 5) is 30.6. The zero-order valence-corrected chi connectivity index (χ0v) is 22.7. The molecule has 0 saturated heterocycles. The molecule has 2 aliphatic rings. The van der Waals surface area contributed by atoms with Crippen molar-refractivity contribution in [1.82, 2.24) is 45.9 Å². The summed E-state index contributed by atoms with van der Waals surface area (Å²) in [6.45, 7) is 4.20. The van der Waals surface area contributed by atoms with Crippen LogP contribution in [-0.4, -0.2) is 53.1 Å². The Balaban J connectivity index is 1.24. The molecule has 6 rings (SSSR count). The van der Waals surface area contributed by atoms with Gasteiger partial charge in [-0.2, -0.15) is 10.3 Å². The lowest BCUT2D eigenvalue weighted by Gasteiger charge is -2.37. The lowest BCUT2D eigenvalue weighted by molar-refractivity contribution is 0.0919. The molecule has 3 heterocycles. The van der Waals surface area contributed by atoms with Gasteiger partial charge in [0.25, 0.3) is 11.8 Å². The first-order valence-electron chi connectivity index (χ1n) is 12.9. The number of benzene rings is 1. The van der Waals surface area contributed by atoms with Crippen LogP contribution < -0.4 is 10.6 Å². The van der Waals surface area contributed by atoms with Gasteiger partial charge < -0.3 is 10.6 Å². The van der Waals surface area contributed by atoms with Crippen LogP contribution in [0.1, 0.15) is 59.1 Å². The maximum atomic E-state index is 14.5. The van der Waals surface area contributed by atoms with E-state index < -0.39 is 23.4 Å². The molecule has 2 aliphatic carbocycles. The highest BCUT2D eigenvalue weighted by atomic mass is 35.5. The number of carbonyl (C=O) groups excluding carboxylic acids is 2. The van der Waals surface area contributed by atoms with Crippen LogP contribution >= 0.6 is 11.6 Å². The first kappa shape index (κ1) is 26.7. The van der Waals surface area contributed by atoms with Crippen LogP contribution in [0.4, 0.5) is 8.78 Å². The lowest BCUT2D eigenvalue weighted by Crippen LogP contribution is -2.42. The Morgan fingerprint density at radius 1 is 1.22 bits per heavy atom. The molecule has 1 aromatic carbocycles. The van der Waals surface area contributed by atoms with Crippen LogP contribution in [0, 0.1) is 23.0 Å². The first-order valence-corrected chi connectivity index (χ1v) is 13.2. The molecule has 210 valence electrons. The Hall–Kier alpha value is -4.52. The van der Waals surface area contributed by atoms with Gasteiger partial charge in [0, 0.05) is 30.1 Å². The molecule has 14 heteroatoms. The van der Waals surface area contributed by atoms with Gasteiger partial charge in [0.15, 0.2) is 11.5 Å². The number of aromatic amines is 1. The maximum Gasteiger partial charge on any atom is 0.270 e. The topological polar surface area (TPSA) is 143 Å². The molecule has 11 nitrogen and oxygen atoms in total. The van der Waals surface area contributed by atoms with E-state index in [9.17, 15) is 18.4 Å². The molecule has 3 aromatic heterocycles.